The van der Waals surface area contributed by atoms with Crippen molar-refractivity contribution in [2.75, 3.05) is 7.11 Å². The average Bonchev–Trinajstić information content (AvgIpc) is 3.22. The number of carbonyl (C=O) groups is 2. The number of hydrogen-bond donors (Lipinski definition) is 1. The quantitative estimate of drug-likeness (QED) is 0.582. The molecule has 3 aromatic rings. The van der Waals surface area contributed by atoms with Gasteiger partial charge in [0.05, 0.1) is 31.2 Å². The summed E-state index contributed by atoms with van der Waals surface area (Å²) in [4.78, 5) is 34.2. The van der Waals surface area contributed by atoms with Gasteiger partial charge in [-0.25, -0.2) is 4.98 Å². The summed E-state index contributed by atoms with van der Waals surface area (Å²) >= 11 is 0. The number of fused-ring (bicyclic) bond motifs is 3. The smallest absolute Gasteiger partial charge is 0.291 e. The van der Waals surface area contributed by atoms with E-state index in [9.17, 15) is 9.59 Å². The van der Waals surface area contributed by atoms with Crippen molar-refractivity contribution >= 4 is 22.8 Å². The second kappa shape index (κ2) is 9.72. The van der Waals surface area contributed by atoms with Crippen LogP contribution in [0.3, 0.4) is 0 Å². The Morgan fingerprint density at radius 2 is 1.74 bits per heavy atom. The normalized spacial score (nSPS) is 21.3. The number of imidazole rings is 1. The molecule has 7 heteroatoms. The molecule has 5 rings (SSSR count). The minimum Gasteiger partial charge on any atom is -0.496 e. The van der Waals surface area contributed by atoms with E-state index in [0.717, 1.165) is 42.3 Å². The Morgan fingerprint density at radius 1 is 1.06 bits per heavy atom. The number of aromatic nitrogens is 2. The summed E-state index contributed by atoms with van der Waals surface area (Å²) in [6.45, 7) is 2.50. The predicted molar refractivity (Wildman–Crippen MR) is 135 cm³/mol. The van der Waals surface area contributed by atoms with Crippen LogP contribution in [0.1, 0.15) is 68.1 Å². The fraction of sp³-hybridized carbons (Fsp3) is 0.464. The van der Waals surface area contributed by atoms with Gasteiger partial charge in [0.1, 0.15) is 11.3 Å². The van der Waals surface area contributed by atoms with Crippen molar-refractivity contribution in [3.8, 4) is 5.75 Å². The molecule has 0 bridgehead atoms. The maximum absolute atomic E-state index is 14.0. The van der Waals surface area contributed by atoms with Crippen molar-refractivity contribution in [2.24, 2.45) is 0 Å². The summed E-state index contributed by atoms with van der Waals surface area (Å²) in [7, 11) is 1.62. The van der Waals surface area contributed by atoms with Crippen molar-refractivity contribution in [1.82, 2.24) is 19.8 Å². The molecular weight excluding hydrogens is 440 g/mol. The first-order chi connectivity index (χ1) is 17.0. The molecule has 0 saturated heterocycles. The van der Waals surface area contributed by atoms with Crippen LogP contribution in [0.15, 0.2) is 48.5 Å². The fourth-order valence-corrected chi connectivity index (χ4v) is 5.52. The molecule has 1 aromatic heterocycles. The van der Waals surface area contributed by atoms with Crippen LogP contribution in [0, 0.1) is 0 Å². The molecule has 1 fully saturated rings. The van der Waals surface area contributed by atoms with Crippen molar-refractivity contribution in [3.05, 3.63) is 59.9 Å². The van der Waals surface area contributed by atoms with E-state index in [4.69, 9.17) is 4.74 Å². The van der Waals surface area contributed by atoms with Crippen LogP contribution in [0.25, 0.3) is 11.0 Å². The summed E-state index contributed by atoms with van der Waals surface area (Å²) in [5.74, 6) is 0.725. The summed E-state index contributed by atoms with van der Waals surface area (Å²) in [5.41, 5.74) is 1.42. The number of nitrogens with zero attached hydrogens (tertiary/aromatic N) is 3. The first-order valence-corrected chi connectivity index (χ1v) is 12.7. The molecule has 2 aliphatic rings. The Morgan fingerprint density at radius 3 is 2.51 bits per heavy atom. The van der Waals surface area contributed by atoms with Gasteiger partial charge in [-0.2, -0.15) is 0 Å². The van der Waals surface area contributed by atoms with Gasteiger partial charge in [-0.3, -0.25) is 9.59 Å². The number of carbonyl (C=O) groups excluding carboxylic acids is 2. The summed E-state index contributed by atoms with van der Waals surface area (Å²) < 4.78 is 7.47. The van der Waals surface area contributed by atoms with Gasteiger partial charge in [-0.05, 0) is 38.0 Å². The van der Waals surface area contributed by atoms with Gasteiger partial charge in [0.25, 0.3) is 5.91 Å². The molecule has 2 aromatic carbocycles. The van der Waals surface area contributed by atoms with Gasteiger partial charge in [0.2, 0.25) is 5.91 Å². The molecule has 2 heterocycles. The van der Waals surface area contributed by atoms with E-state index in [1.54, 1.807) is 12.0 Å². The van der Waals surface area contributed by atoms with Gasteiger partial charge in [-0.15, -0.1) is 0 Å². The second-order valence-electron chi connectivity index (χ2n) is 10.0. The monoisotopic (exact) mass is 474 g/mol. The molecule has 0 spiro atoms. The summed E-state index contributed by atoms with van der Waals surface area (Å²) in [5, 5.41) is 3.34. The summed E-state index contributed by atoms with van der Waals surface area (Å²) in [6, 6.07) is 15.5. The van der Waals surface area contributed by atoms with Gasteiger partial charge in [0, 0.05) is 11.6 Å². The van der Waals surface area contributed by atoms with Crippen molar-refractivity contribution in [2.45, 2.75) is 76.5 Å². The number of para-hydroxylation sites is 3. The molecule has 35 heavy (non-hydrogen) atoms. The molecule has 2 amide bonds. The molecule has 1 aliphatic carbocycles. The summed E-state index contributed by atoms with van der Waals surface area (Å²) in [6.07, 6.45) is 7.93. The molecule has 0 unspecified atom stereocenters. The Balaban J connectivity index is 1.53. The largest absolute Gasteiger partial charge is 0.496 e. The van der Waals surface area contributed by atoms with Gasteiger partial charge < -0.3 is 19.5 Å². The molecule has 1 N–H and O–H groups in total. The van der Waals surface area contributed by atoms with Crippen LogP contribution >= 0.6 is 0 Å². The van der Waals surface area contributed by atoms with E-state index in [1.807, 2.05) is 60.0 Å². The number of nitrogens with one attached hydrogen (secondary N) is 1. The Kier molecular flexibility index (Phi) is 6.50. The van der Waals surface area contributed by atoms with E-state index in [2.05, 4.69) is 10.3 Å². The lowest BCUT2D eigenvalue weighted by atomic mass is 9.92. The maximum Gasteiger partial charge on any atom is 0.291 e. The van der Waals surface area contributed by atoms with E-state index in [-0.39, 0.29) is 24.4 Å². The van der Waals surface area contributed by atoms with Crippen LogP contribution in [-0.2, 0) is 17.9 Å². The van der Waals surface area contributed by atoms with Crippen LogP contribution in [0.4, 0.5) is 0 Å². The van der Waals surface area contributed by atoms with Crippen molar-refractivity contribution in [1.29, 1.82) is 0 Å². The first-order valence-electron chi connectivity index (χ1n) is 12.7. The molecule has 7 nitrogen and oxygen atoms in total. The third kappa shape index (κ3) is 4.40. The Bertz CT molecular complexity index is 1230. The molecular formula is C28H34N4O3. The highest BCUT2D eigenvalue weighted by Crippen LogP contribution is 2.33. The minimum absolute atomic E-state index is 0.102. The Labute approximate surface area is 206 Å². The van der Waals surface area contributed by atoms with Gasteiger partial charge >= 0.3 is 0 Å². The standard InChI is InChI=1S/C28H34N4O3/c1-28(27(34)29-21-13-6-4-3-5-7-14-21)19-31-23-16-10-9-15-22(23)30-25(31)26(33)32(28)18-20-12-8-11-17-24(20)35-2/h8-12,15-17,21H,3-7,13-14,18-19H2,1-2H3,(H,29,34)/t28-/m1/s1. The number of benzene rings is 2. The van der Waals surface area contributed by atoms with E-state index >= 15 is 0 Å². The number of ether oxygens (including phenoxy) is 1. The first kappa shape index (κ1) is 23.4. The molecule has 1 atom stereocenters. The molecule has 184 valence electrons. The third-order valence-electron chi connectivity index (χ3n) is 7.60. The SMILES string of the molecule is COc1ccccc1CN1C(=O)c2nc3ccccc3n2C[C@]1(C)C(=O)NC1CCCCCCC1. The topological polar surface area (TPSA) is 76.5 Å². The highest BCUT2D eigenvalue weighted by atomic mass is 16.5. The molecule has 1 aliphatic heterocycles. The van der Waals surface area contributed by atoms with E-state index in [1.165, 1.54) is 19.3 Å². The van der Waals surface area contributed by atoms with E-state index in [0.29, 0.717) is 18.1 Å². The number of amides is 2. The zero-order chi connectivity index (χ0) is 24.4. The zero-order valence-corrected chi connectivity index (χ0v) is 20.6. The molecule has 0 radical (unpaired) electrons. The number of rotatable bonds is 5. The predicted octanol–water partition coefficient (Wildman–Crippen LogP) is 4.69. The van der Waals surface area contributed by atoms with E-state index < -0.39 is 5.54 Å². The van der Waals surface area contributed by atoms with Crippen LogP contribution in [0.2, 0.25) is 0 Å². The van der Waals surface area contributed by atoms with Crippen molar-refractivity contribution < 1.29 is 14.3 Å². The lowest BCUT2D eigenvalue weighted by molar-refractivity contribution is -0.134. The van der Waals surface area contributed by atoms with Gasteiger partial charge in [0.15, 0.2) is 5.82 Å². The highest BCUT2D eigenvalue weighted by Gasteiger charge is 2.49. The maximum atomic E-state index is 14.0. The fourth-order valence-electron chi connectivity index (χ4n) is 5.52. The third-order valence-corrected chi connectivity index (χ3v) is 7.60. The van der Waals surface area contributed by atoms with Crippen LogP contribution < -0.4 is 10.1 Å². The zero-order valence-electron chi connectivity index (χ0n) is 20.6. The lowest BCUT2D eigenvalue weighted by Crippen LogP contribution is -2.64. The highest BCUT2D eigenvalue weighted by molar-refractivity contribution is 6.01. The number of methoxy groups -OCH3 is 1. The average molecular weight is 475 g/mol. The van der Waals surface area contributed by atoms with Crippen LogP contribution in [0.5, 0.6) is 5.75 Å². The Hall–Kier alpha value is -3.35. The van der Waals surface area contributed by atoms with Crippen LogP contribution in [-0.4, -0.2) is 45.0 Å². The second-order valence-corrected chi connectivity index (χ2v) is 10.0. The lowest BCUT2D eigenvalue weighted by Gasteiger charge is -2.44. The van der Waals surface area contributed by atoms with Crippen molar-refractivity contribution in [3.63, 3.8) is 0 Å². The number of hydrogen-bond acceptors (Lipinski definition) is 4. The van der Waals surface area contributed by atoms with Gasteiger partial charge in [-0.1, -0.05) is 62.4 Å². The molecule has 1 saturated carbocycles. The minimum atomic E-state index is -1.07.